The summed E-state index contributed by atoms with van der Waals surface area (Å²) in [7, 11) is 0. The van der Waals surface area contributed by atoms with E-state index < -0.39 is 11.7 Å². The summed E-state index contributed by atoms with van der Waals surface area (Å²) < 4.78 is 37.8. The molecule has 0 aliphatic heterocycles. The van der Waals surface area contributed by atoms with Crippen LogP contribution in [0.25, 0.3) is 0 Å². The highest BCUT2D eigenvalue weighted by Gasteiger charge is 2.32. The van der Waals surface area contributed by atoms with E-state index in [1.54, 1.807) is 6.07 Å². The maximum atomic E-state index is 12.6. The topological polar surface area (TPSA) is 12.0 Å². The van der Waals surface area contributed by atoms with E-state index in [9.17, 15) is 13.2 Å². The summed E-state index contributed by atoms with van der Waals surface area (Å²) >= 11 is 0. The van der Waals surface area contributed by atoms with Crippen molar-refractivity contribution in [3.63, 3.8) is 0 Å². The number of hydrogen-bond donors (Lipinski definition) is 1. The van der Waals surface area contributed by atoms with Crippen molar-refractivity contribution in [3.8, 4) is 0 Å². The van der Waals surface area contributed by atoms with E-state index in [1.165, 1.54) is 12.1 Å². The molecule has 0 atom stereocenters. The van der Waals surface area contributed by atoms with Gasteiger partial charge in [0.15, 0.2) is 0 Å². The van der Waals surface area contributed by atoms with Gasteiger partial charge >= 0.3 is 6.18 Å². The van der Waals surface area contributed by atoms with E-state index in [1.807, 2.05) is 6.92 Å². The molecular formula is C12H14F3N. The second kappa shape index (κ2) is 5.16. The average Bonchev–Trinajstić information content (AvgIpc) is 2.16. The Morgan fingerprint density at radius 2 is 1.94 bits per heavy atom. The first kappa shape index (κ1) is 12.8. The summed E-state index contributed by atoms with van der Waals surface area (Å²) in [5.74, 6) is 0. The van der Waals surface area contributed by atoms with E-state index >= 15 is 0 Å². The van der Waals surface area contributed by atoms with Crippen LogP contribution in [0.15, 0.2) is 36.4 Å². The lowest BCUT2D eigenvalue weighted by molar-refractivity contribution is -0.138. The van der Waals surface area contributed by atoms with Crippen LogP contribution in [0, 0.1) is 0 Å². The van der Waals surface area contributed by atoms with Crippen LogP contribution in [0.3, 0.4) is 0 Å². The van der Waals surface area contributed by atoms with E-state index in [0.29, 0.717) is 6.54 Å². The number of halogens is 3. The van der Waals surface area contributed by atoms with Crippen molar-refractivity contribution in [1.29, 1.82) is 0 Å². The van der Waals surface area contributed by atoms with Gasteiger partial charge in [-0.2, -0.15) is 13.2 Å². The van der Waals surface area contributed by atoms with Gasteiger partial charge in [-0.25, -0.2) is 0 Å². The van der Waals surface area contributed by atoms with Crippen molar-refractivity contribution >= 4 is 0 Å². The second-order valence-electron chi connectivity index (χ2n) is 3.72. The predicted molar refractivity (Wildman–Crippen MR) is 58.0 cm³/mol. The molecule has 0 aliphatic carbocycles. The molecule has 0 amide bonds. The van der Waals surface area contributed by atoms with Crippen molar-refractivity contribution in [2.75, 3.05) is 6.54 Å². The van der Waals surface area contributed by atoms with E-state index in [4.69, 9.17) is 0 Å². The Balaban J connectivity index is 2.76. The minimum atomic E-state index is -4.29. The highest BCUT2D eigenvalue weighted by molar-refractivity contribution is 5.29. The lowest BCUT2D eigenvalue weighted by Gasteiger charge is -2.13. The number of benzene rings is 1. The minimum absolute atomic E-state index is 0.197. The molecule has 1 aromatic rings. The molecule has 16 heavy (non-hydrogen) atoms. The molecule has 0 bridgehead atoms. The molecule has 4 heteroatoms. The quantitative estimate of drug-likeness (QED) is 0.780. The summed E-state index contributed by atoms with van der Waals surface area (Å²) in [6.45, 7) is 6.21. The average molecular weight is 229 g/mol. The molecule has 1 N–H and O–H groups in total. The molecular weight excluding hydrogens is 215 g/mol. The third-order valence-electron chi connectivity index (χ3n) is 2.06. The maximum Gasteiger partial charge on any atom is 0.416 e. The van der Waals surface area contributed by atoms with Crippen LogP contribution in [0.1, 0.15) is 18.1 Å². The van der Waals surface area contributed by atoms with Crippen LogP contribution < -0.4 is 5.32 Å². The molecule has 0 fully saturated rings. The summed E-state index contributed by atoms with van der Waals surface area (Å²) in [5, 5.41) is 2.91. The van der Waals surface area contributed by atoms with Crippen LogP contribution >= 0.6 is 0 Å². The van der Waals surface area contributed by atoms with E-state index in [-0.39, 0.29) is 12.1 Å². The summed E-state index contributed by atoms with van der Waals surface area (Å²) in [6, 6.07) is 5.57. The third-order valence-corrected chi connectivity index (χ3v) is 2.06. The fourth-order valence-corrected chi connectivity index (χ4v) is 1.36. The normalized spacial score (nSPS) is 11.5. The van der Waals surface area contributed by atoms with Gasteiger partial charge in [-0.05, 0) is 18.6 Å². The van der Waals surface area contributed by atoms with Crippen molar-refractivity contribution in [2.24, 2.45) is 0 Å². The van der Waals surface area contributed by atoms with Crippen molar-refractivity contribution in [1.82, 2.24) is 5.32 Å². The fraction of sp³-hybridized carbons (Fsp3) is 0.333. The van der Waals surface area contributed by atoms with Gasteiger partial charge in [-0.1, -0.05) is 30.4 Å². The Morgan fingerprint density at radius 1 is 1.31 bits per heavy atom. The Morgan fingerprint density at radius 3 is 2.50 bits per heavy atom. The van der Waals surface area contributed by atoms with Gasteiger partial charge in [-0.3, -0.25) is 0 Å². The zero-order valence-corrected chi connectivity index (χ0v) is 9.06. The molecule has 0 radical (unpaired) electrons. The van der Waals surface area contributed by atoms with E-state index in [2.05, 4.69) is 11.9 Å². The Bertz CT molecular complexity index is 369. The molecule has 1 nitrogen and oxygen atoms in total. The summed E-state index contributed by atoms with van der Waals surface area (Å²) in [4.78, 5) is 0. The molecule has 0 unspecified atom stereocenters. The Labute approximate surface area is 93.0 Å². The molecule has 0 spiro atoms. The van der Waals surface area contributed by atoms with Crippen LogP contribution in [0.4, 0.5) is 13.2 Å². The lowest BCUT2D eigenvalue weighted by Crippen LogP contribution is -2.18. The van der Waals surface area contributed by atoms with Gasteiger partial charge in [0.2, 0.25) is 0 Å². The van der Waals surface area contributed by atoms with Gasteiger partial charge in [0, 0.05) is 13.1 Å². The first-order chi connectivity index (χ1) is 7.41. The van der Waals surface area contributed by atoms with Crippen LogP contribution in [0.2, 0.25) is 0 Å². The minimum Gasteiger partial charge on any atom is -0.309 e. The third kappa shape index (κ3) is 3.70. The van der Waals surface area contributed by atoms with Crippen LogP contribution in [-0.2, 0) is 12.7 Å². The molecule has 1 rings (SSSR count). The number of alkyl halides is 3. The first-order valence-corrected chi connectivity index (χ1v) is 4.91. The van der Waals surface area contributed by atoms with Gasteiger partial charge in [0.25, 0.3) is 0 Å². The van der Waals surface area contributed by atoms with Crippen molar-refractivity contribution in [2.45, 2.75) is 19.6 Å². The molecule has 0 saturated heterocycles. The van der Waals surface area contributed by atoms with E-state index in [0.717, 1.165) is 11.6 Å². The Kier molecular flexibility index (Phi) is 4.12. The maximum absolute atomic E-state index is 12.6. The van der Waals surface area contributed by atoms with Gasteiger partial charge < -0.3 is 5.32 Å². The molecule has 88 valence electrons. The smallest absolute Gasteiger partial charge is 0.309 e. The summed E-state index contributed by atoms with van der Waals surface area (Å²) in [5.41, 5.74) is 0.574. The molecule has 0 aliphatic rings. The molecule has 0 aromatic heterocycles. The van der Waals surface area contributed by atoms with Gasteiger partial charge in [0.1, 0.15) is 0 Å². The SMILES string of the molecule is C=C(C)CNCc1ccccc1C(F)(F)F. The standard InChI is InChI=1S/C12H14F3N/c1-9(2)7-16-8-10-5-3-4-6-11(10)12(13,14)15/h3-6,16H,1,7-8H2,2H3. The first-order valence-electron chi connectivity index (χ1n) is 4.91. The Hall–Kier alpha value is -1.29. The highest BCUT2D eigenvalue weighted by Crippen LogP contribution is 2.31. The monoisotopic (exact) mass is 229 g/mol. The van der Waals surface area contributed by atoms with Crippen molar-refractivity contribution in [3.05, 3.63) is 47.5 Å². The van der Waals surface area contributed by atoms with Gasteiger partial charge in [-0.15, -0.1) is 0 Å². The number of hydrogen-bond acceptors (Lipinski definition) is 1. The second-order valence-corrected chi connectivity index (χ2v) is 3.72. The predicted octanol–water partition coefficient (Wildman–Crippen LogP) is 3.37. The van der Waals surface area contributed by atoms with Gasteiger partial charge in [0.05, 0.1) is 5.56 Å². The summed E-state index contributed by atoms with van der Waals surface area (Å²) in [6.07, 6.45) is -4.29. The zero-order chi connectivity index (χ0) is 12.2. The lowest BCUT2D eigenvalue weighted by atomic mass is 10.1. The largest absolute Gasteiger partial charge is 0.416 e. The van der Waals surface area contributed by atoms with Crippen molar-refractivity contribution < 1.29 is 13.2 Å². The van der Waals surface area contributed by atoms with Crippen LogP contribution in [-0.4, -0.2) is 6.54 Å². The molecule has 0 saturated carbocycles. The number of nitrogens with one attached hydrogen (secondary N) is 1. The fourth-order valence-electron chi connectivity index (χ4n) is 1.36. The zero-order valence-electron chi connectivity index (χ0n) is 9.06. The number of rotatable bonds is 4. The highest BCUT2D eigenvalue weighted by atomic mass is 19.4. The molecule has 0 heterocycles. The molecule has 1 aromatic carbocycles. The van der Waals surface area contributed by atoms with Crippen LogP contribution in [0.5, 0.6) is 0 Å².